The van der Waals surface area contributed by atoms with E-state index in [1.54, 1.807) is 13.2 Å². The van der Waals surface area contributed by atoms with Crippen LogP contribution in [0, 0.1) is 0 Å². The number of esters is 1. The van der Waals surface area contributed by atoms with Crippen molar-refractivity contribution in [3.8, 4) is 17.0 Å². The number of carbonyl (C=O) groups excluding carboxylic acids is 1. The minimum atomic E-state index is -0.446. The first-order chi connectivity index (χ1) is 8.26. The highest BCUT2D eigenvalue weighted by Crippen LogP contribution is 2.28. The van der Waals surface area contributed by atoms with Gasteiger partial charge in [0.2, 0.25) is 0 Å². The first kappa shape index (κ1) is 11.2. The van der Waals surface area contributed by atoms with Crippen molar-refractivity contribution in [3.05, 3.63) is 36.0 Å². The third-order valence-electron chi connectivity index (χ3n) is 2.37. The topological polar surface area (TPSA) is 64.2 Å². The zero-order valence-electron chi connectivity index (χ0n) is 9.56. The van der Waals surface area contributed by atoms with Gasteiger partial charge in [0, 0.05) is 5.56 Å². The molecule has 0 saturated carbocycles. The Morgan fingerprint density at radius 1 is 1.29 bits per heavy atom. The number of H-pyrrole nitrogens is 1. The molecule has 5 nitrogen and oxygen atoms in total. The van der Waals surface area contributed by atoms with Crippen LogP contribution in [0.4, 0.5) is 0 Å². The fourth-order valence-electron chi connectivity index (χ4n) is 1.53. The lowest BCUT2D eigenvalue weighted by Gasteiger charge is -2.04. The van der Waals surface area contributed by atoms with Gasteiger partial charge in [-0.3, -0.25) is 5.10 Å². The summed E-state index contributed by atoms with van der Waals surface area (Å²) in [5.74, 6) is 0.258. The SMILES string of the molecule is COC(=O)c1cc(-c2ccccc2OC)n[nH]1. The molecule has 0 aliphatic heterocycles. The minimum absolute atomic E-state index is 0.313. The molecule has 0 unspecified atom stereocenters. The van der Waals surface area contributed by atoms with Crippen LogP contribution >= 0.6 is 0 Å². The van der Waals surface area contributed by atoms with Gasteiger partial charge in [0.05, 0.1) is 19.9 Å². The number of methoxy groups -OCH3 is 2. The molecule has 17 heavy (non-hydrogen) atoms. The van der Waals surface area contributed by atoms with Crippen molar-refractivity contribution in [3.63, 3.8) is 0 Å². The quantitative estimate of drug-likeness (QED) is 0.820. The standard InChI is InChI=1S/C12H12N2O3/c1-16-11-6-4-3-5-8(11)9-7-10(14-13-9)12(15)17-2/h3-7H,1-2H3,(H,13,14). The number of aromatic amines is 1. The van der Waals surface area contributed by atoms with Gasteiger partial charge in [0.25, 0.3) is 0 Å². The van der Waals surface area contributed by atoms with Crippen LogP contribution in [0.25, 0.3) is 11.3 Å². The molecular weight excluding hydrogens is 220 g/mol. The van der Waals surface area contributed by atoms with Crippen molar-refractivity contribution >= 4 is 5.97 Å². The molecular formula is C12H12N2O3. The van der Waals surface area contributed by atoms with E-state index in [1.165, 1.54) is 7.11 Å². The van der Waals surface area contributed by atoms with Crippen LogP contribution in [-0.4, -0.2) is 30.4 Å². The van der Waals surface area contributed by atoms with Gasteiger partial charge in [-0.25, -0.2) is 4.79 Å². The average molecular weight is 232 g/mol. The zero-order valence-corrected chi connectivity index (χ0v) is 9.56. The fourth-order valence-corrected chi connectivity index (χ4v) is 1.53. The average Bonchev–Trinajstić information content (AvgIpc) is 2.87. The molecule has 0 aliphatic rings. The van der Waals surface area contributed by atoms with Crippen LogP contribution in [0.5, 0.6) is 5.75 Å². The number of carbonyl (C=O) groups is 1. The summed E-state index contributed by atoms with van der Waals surface area (Å²) in [5.41, 5.74) is 1.78. The number of rotatable bonds is 3. The maximum atomic E-state index is 11.3. The van der Waals surface area contributed by atoms with Gasteiger partial charge < -0.3 is 9.47 Å². The molecule has 0 amide bonds. The number of nitrogens with zero attached hydrogens (tertiary/aromatic N) is 1. The van der Waals surface area contributed by atoms with Gasteiger partial charge in [-0.05, 0) is 18.2 Å². The second-order valence-corrected chi connectivity index (χ2v) is 3.36. The Kier molecular flexibility index (Phi) is 3.09. The molecule has 88 valence electrons. The van der Waals surface area contributed by atoms with E-state index in [9.17, 15) is 4.79 Å². The molecule has 1 aromatic carbocycles. The Morgan fingerprint density at radius 3 is 2.76 bits per heavy atom. The Bertz CT molecular complexity index is 534. The van der Waals surface area contributed by atoms with Crippen molar-refractivity contribution in [2.24, 2.45) is 0 Å². The first-order valence-corrected chi connectivity index (χ1v) is 5.03. The Balaban J connectivity index is 2.40. The summed E-state index contributed by atoms with van der Waals surface area (Å²) in [7, 11) is 2.92. The van der Waals surface area contributed by atoms with Gasteiger partial charge in [-0.2, -0.15) is 5.10 Å². The number of para-hydroxylation sites is 1. The molecule has 0 aliphatic carbocycles. The second-order valence-electron chi connectivity index (χ2n) is 3.36. The third kappa shape index (κ3) is 2.13. The van der Waals surface area contributed by atoms with Crippen LogP contribution < -0.4 is 4.74 Å². The molecule has 5 heteroatoms. The molecule has 1 N–H and O–H groups in total. The predicted octanol–water partition coefficient (Wildman–Crippen LogP) is 1.87. The molecule has 2 rings (SSSR count). The molecule has 0 radical (unpaired) electrons. The van der Waals surface area contributed by atoms with E-state index in [0.717, 1.165) is 5.56 Å². The van der Waals surface area contributed by atoms with E-state index in [-0.39, 0.29) is 0 Å². The maximum absolute atomic E-state index is 11.3. The summed E-state index contributed by atoms with van der Waals surface area (Å²) >= 11 is 0. The number of nitrogens with one attached hydrogen (secondary N) is 1. The molecule has 0 saturated heterocycles. The second kappa shape index (κ2) is 4.69. The largest absolute Gasteiger partial charge is 0.496 e. The Labute approximate surface area is 98.4 Å². The zero-order chi connectivity index (χ0) is 12.3. The Morgan fingerprint density at radius 2 is 2.06 bits per heavy atom. The number of hydrogen-bond acceptors (Lipinski definition) is 4. The highest BCUT2D eigenvalue weighted by Gasteiger charge is 2.13. The van der Waals surface area contributed by atoms with Crippen LogP contribution in [0.15, 0.2) is 30.3 Å². The summed E-state index contributed by atoms with van der Waals surface area (Å²) in [5, 5.41) is 6.68. The molecule has 0 atom stereocenters. The normalized spacial score (nSPS) is 10.0. The first-order valence-electron chi connectivity index (χ1n) is 5.03. The van der Waals surface area contributed by atoms with Crippen molar-refractivity contribution in [2.45, 2.75) is 0 Å². The van der Waals surface area contributed by atoms with Crippen LogP contribution in [-0.2, 0) is 4.74 Å². The molecule has 1 heterocycles. The number of aromatic nitrogens is 2. The lowest BCUT2D eigenvalue weighted by molar-refractivity contribution is 0.0594. The molecule has 0 fully saturated rings. The van der Waals surface area contributed by atoms with E-state index in [4.69, 9.17) is 4.74 Å². The van der Waals surface area contributed by atoms with E-state index in [1.807, 2.05) is 24.3 Å². The van der Waals surface area contributed by atoms with Gasteiger partial charge in [0.1, 0.15) is 11.4 Å². The molecule has 2 aromatic rings. The Hall–Kier alpha value is -2.30. The van der Waals surface area contributed by atoms with Crippen LogP contribution in [0.1, 0.15) is 10.5 Å². The number of hydrogen-bond donors (Lipinski definition) is 1. The summed E-state index contributed by atoms with van der Waals surface area (Å²) in [6.07, 6.45) is 0. The van der Waals surface area contributed by atoms with Gasteiger partial charge in [-0.1, -0.05) is 12.1 Å². The van der Waals surface area contributed by atoms with Crippen molar-refractivity contribution in [2.75, 3.05) is 14.2 Å². The highest BCUT2D eigenvalue weighted by molar-refractivity contribution is 5.88. The molecule has 1 aromatic heterocycles. The monoisotopic (exact) mass is 232 g/mol. The van der Waals surface area contributed by atoms with E-state index >= 15 is 0 Å². The third-order valence-corrected chi connectivity index (χ3v) is 2.37. The summed E-state index contributed by atoms with van der Waals surface area (Å²) in [4.78, 5) is 11.3. The lowest BCUT2D eigenvalue weighted by Crippen LogP contribution is -2.00. The molecule has 0 bridgehead atoms. The predicted molar refractivity (Wildman–Crippen MR) is 61.9 cm³/mol. The van der Waals surface area contributed by atoms with Gasteiger partial charge in [0.15, 0.2) is 0 Å². The summed E-state index contributed by atoms with van der Waals surface area (Å²) in [6, 6.07) is 9.09. The summed E-state index contributed by atoms with van der Waals surface area (Å²) < 4.78 is 9.83. The van der Waals surface area contributed by atoms with E-state index in [0.29, 0.717) is 17.1 Å². The summed E-state index contributed by atoms with van der Waals surface area (Å²) in [6.45, 7) is 0. The highest BCUT2D eigenvalue weighted by atomic mass is 16.5. The van der Waals surface area contributed by atoms with Crippen molar-refractivity contribution < 1.29 is 14.3 Å². The van der Waals surface area contributed by atoms with Crippen molar-refractivity contribution in [1.82, 2.24) is 10.2 Å². The smallest absolute Gasteiger partial charge is 0.356 e. The van der Waals surface area contributed by atoms with Crippen LogP contribution in [0.3, 0.4) is 0 Å². The van der Waals surface area contributed by atoms with Gasteiger partial charge in [-0.15, -0.1) is 0 Å². The van der Waals surface area contributed by atoms with E-state index < -0.39 is 5.97 Å². The maximum Gasteiger partial charge on any atom is 0.356 e. The number of ether oxygens (including phenoxy) is 2. The van der Waals surface area contributed by atoms with E-state index in [2.05, 4.69) is 14.9 Å². The lowest BCUT2D eigenvalue weighted by atomic mass is 10.1. The fraction of sp³-hybridized carbons (Fsp3) is 0.167. The van der Waals surface area contributed by atoms with Crippen LogP contribution in [0.2, 0.25) is 0 Å². The molecule has 0 spiro atoms. The number of benzene rings is 1. The minimum Gasteiger partial charge on any atom is -0.496 e. The van der Waals surface area contributed by atoms with Crippen molar-refractivity contribution in [1.29, 1.82) is 0 Å². The van der Waals surface area contributed by atoms with Gasteiger partial charge >= 0.3 is 5.97 Å².